The lowest BCUT2D eigenvalue weighted by Gasteiger charge is -2.24. The number of nitrogens with one attached hydrogen (secondary N) is 1. The fourth-order valence-electron chi connectivity index (χ4n) is 2.48. The Morgan fingerprint density at radius 2 is 1.89 bits per heavy atom. The number of ether oxygens (including phenoxy) is 1. The van der Waals surface area contributed by atoms with Crippen LogP contribution in [-0.2, 0) is 0 Å². The predicted octanol–water partition coefficient (Wildman–Crippen LogP) is 3.67. The van der Waals surface area contributed by atoms with Gasteiger partial charge in [0.2, 0.25) is 0 Å². The lowest BCUT2D eigenvalue weighted by atomic mass is 9.98. The van der Waals surface area contributed by atoms with Gasteiger partial charge in [-0.2, -0.15) is 0 Å². The molecule has 0 spiro atoms. The van der Waals surface area contributed by atoms with E-state index < -0.39 is 0 Å². The number of hydrogen-bond donors (Lipinski definition) is 1. The summed E-state index contributed by atoms with van der Waals surface area (Å²) in [6.07, 6.45) is 2.62. The first-order valence-corrected chi connectivity index (χ1v) is 6.64. The van der Waals surface area contributed by atoms with E-state index in [1.165, 1.54) is 11.1 Å². The van der Waals surface area contributed by atoms with Crippen LogP contribution in [0.5, 0.6) is 5.75 Å². The van der Waals surface area contributed by atoms with Gasteiger partial charge in [-0.25, -0.2) is 0 Å². The molecule has 2 nitrogen and oxygen atoms in total. The summed E-state index contributed by atoms with van der Waals surface area (Å²) < 4.78 is 6.03. The average Bonchev–Trinajstić information content (AvgIpc) is 2.30. The SMILES string of the molecule is Cc1cc(OC2CCNCC2)ccc1C(C)C.Cl. The molecular formula is C15H24ClNO. The number of halogens is 1. The fourth-order valence-corrected chi connectivity index (χ4v) is 2.48. The van der Waals surface area contributed by atoms with Crippen LogP contribution in [0.4, 0.5) is 0 Å². The van der Waals surface area contributed by atoms with Crippen LogP contribution in [0.25, 0.3) is 0 Å². The Balaban J connectivity index is 0.00000162. The van der Waals surface area contributed by atoms with Crippen molar-refractivity contribution in [2.45, 2.75) is 45.6 Å². The molecule has 1 aliphatic heterocycles. The minimum Gasteiger partial charge on any atom is -0.490 e. The van der Waals surface area contributed by atoms with Crippen LogP contribution >= 0.6 is 12.4 Å². The summed E-state index contributed by atoms with van der Waals surface area (Å²) in [7, 11) is 0. The van der Waals surface area contributed by atoms with Crippen LogP contribution in [0, 0.1) is 6.92 Å². The van der Waals surface area contributed by atoms with Gasteiger partial charge >= 0.3 is 0 Å². The van der Waals surface area contributed by atoms with E-state index in [1.54, 1.807) is 0 Å². The van der Waals surface area contributed by atoms with Crippen molar-refractivity contribution in [3.63, 3.8) is 0 Å². The van der Waals surface area contributed by atoms with Gasteiger partial charge in [-0.3, -0.25) is 0 Å². The molecule has 3 heteroatoms. The fraction of sp³-hybridized carbons (Fsp3) is 0.600. The smallest absolute Gasteiger partial charge is 0.120 e. The molecule has 1 aliphatic rings. The van der Waals surface area contributed by atoms with Crippen molar-refractivity contribution >= 4 is 12.4 Å². The summed E-state index contributed by atoms with van der Waals surface area (Å²) in [5.74, 6) is 1.61. The van der Waals surface area contributed by atoms with Gasteiger partial charge in [0.1, 0.15) is 11.9 Å². The quantitative estimate of drug-likeness (QED) is 0.904. The zero-order valence-electron chi connectivity index (χ0n) is 11.5. The van der Waals surface area contributed by atoms with Crippen molar-refractivity contribution in [3.8, 4) is 5.75 Å². The third-order valence-electron chi connectivity index (χ3n) is 3.45. The highest BCUT2D eigenvalue weighted by Crippen LogP contribution is 2.25. The molecule has 0 aromatic heterocycles. The van der Waals surface area contributed by atoms with Gasteiger partial charge in [0.15, 0.2) is 0 Å². The van der Waals surface area contributed by atoms with Crippen molar-refractivity contribution in [1.29, 1.82) is 0 Å². The van der Waals surface area contributed by atoms with Gasteiger partial charge in [0.25, 0.3) is 0 Å². The summed E-state index contributed by atoms with van der Waals surface area (Å²) in [6.45, 7) is 8.79. The van der Waals surface area contributed by atoms with E-state index >= 15 is 0 Å². The minimum absolute atomic E-state index is 0. The molecule has 1 saturated heterocycles. The summed E-state index contributed by atoms with van der Waals surface area (Å²) in [6, 6.07) is 6.50. The zero-order valence-corrected chi connectivity index (χ0v) is 12.3. The summed E-state index contributed by atoms with van der Waals surface area (Å²) in [4.78, 5) is 0. The first-order valence-electron chi connectivity index (χ1n) is 6.64. The van der Waals surface area contributed by atoms with Crippen molar-refractivity contribution in [1.82, 2.24) is 5.32 Å². The summed E-state index contributed by atoms with van der Waals surface area (Å²) in [5, 5.41) is 3.36. The molecule has 0 bridgehead atoms. The molecule has 2 rings (SSSR count). The predicted molar refractivity (Wildman–Crippen MR) is 79.0 cm³/mol. The van der Waals surface area contributed by atoms with E-state index in [0.717, 1.165) is 31.7 Å². The zero-order chi connectivity index (χ0) is 12.3. The molecule has 1 heterocycles. The van der Waals surface area contributed by atoms with E-state index in [-0.39, 0.29) is 12.4 Å². The van der Waals surface area contributed by atoms with Gasteiger partial charge in [0, 0.05) is 0 Å². The average molecular weight is 270 g/mol. The van der Waals surface area contributed by atoms with Gasteiger partial charge in [0.05, 0.1) is 0 Å². The molecular weight excluding hydrogens is 246 g/mol. The van der Waals surface area contributed by atoms with E-state index in [1.807, 2.05) is 0 Å². The number of hydrogen-bond acceptors (Lipinski definition) is 2. The summed E-state index contributed by atoms with van der Waals surface area (Å²) in [5.41, 5.74) is 2.76. The molecule has 1 aromatic rings. The normalized spacial score (nSPS) is 16.4. The Hall–Kier alpha value is -0.730. The second-order valence-corrected chi connectivity index (χ2v) is 5.24. The van der Waals surface area contributed by atoms with Crippen LogP contribution in [-0.4, -0.2) is 19.2 Å². The van der Waals surface area contributed by atoms with Crippen molar-refractivity contribution in [3.05, 3.63) is 29.3 Å². The minimum atomic E-state index is 0. The maximum absolute atomic E-state index is 6.03. The Morgan fingerprint density at radius 1 is 1.22 bits per heavy atom. The molecule has 102 valence electrons. The number of aryl methyl sites for hydroxylation is 1. The second kappa shape index (κ2) is 7.01. The molecule has 0 aliphatic carbocycles. The largest absolute Gasteiger partial charge is 0.490 e. The molecule has 0 amide bonds. The number of benzene rings is 1. The first kappa shape index (κ1) is 15.3. The number of piperidine rings is 1. The van der Waals surface area contributed by atoms with Crippen LogP contribution in [0.3, 0.4) is 0 Å². The highest BCUT2D eigenvalue weighted by Gasteiger charge is 2.14. The molecule has 0 radical (unpaired) electrons. The van der Waals surface area contributed by atoms with E-state index in [4.69, 9.17) is 4.74 Å². The monoisotopic (exact) mass is 269 g/mol. The highest BCUT2D eigenvalue weighted by molar-refractivity contribution is 5.85. The Labute approximate surface area is 117 Å². The third kappa shape index (κ3) is 3.89. The number of rotatable bonds is 3. The van der Waals surface area contributed by atoms with Gasteiger partial charge in [-0.15, -0.1) is 12.4 Å². The van der Waals surface area contributed by atoms with Crippen LogP contribution in [0.1, 0.15) is 43.7 Å². The molecule has 0 atom stereocenters. The molecule has 18 heavy (non-hydrogen) atoms. The van der Waals surface area contributed by atoms with Gasteiger partial charge < -0.3 is 10.1 Å². The van der Waals surface area contributed by atoms with E-state index in [9.17, 15) is 0 Å². The standard InChI is InChI=1S/C15H23NO.ClH/c1-11(2)15-5-4-14(10-12(15)3)17-13-6-8-16-9-7-13;/h4-5,10-11,13,16H,6-9H2,1-3H3;1H. The third-order valence-corrected chi connectivity index (χ3v) is 3.45. The molecule has 0 saturated carbocycles. The first-order chi connectivity index (χ1) is 8.16. The molecule has 1 aromatic carbocycles. The van der Waals surface area contributed by atoms with E-state index in [0.29, 0.717) is 12.0 Å². The van der Waals surface area contributed by atoms with E-state index in [2.05, 4.69) is 44.3 Å². The molecule has 0 unspecified atom stereocenters. The van der Waals surface area contributed by atoms with Crippen molar-refractivity contribution in [2.75, 3.05) is 13.1 Å². The summed E-state index contributed by atoms with van der Waals surface area (Å²) >= 11 is 0. The lowest BCUT2D eigenvalue weighted by molar-refractivity contribution is 0.162. The van der Waals surface area contributed by atoms with Crippen LogP contribution in [0.15, 0.2) is 18.2 Å². The Kier molecular flexibility index (Phi) is 5.97. The lowest BCUT2D eigenvalue weighted by Crippen LogP contribution is -2.34. The van der Waals surface area contributed by atoms with Crippen LogP contribution < -0.4 is 10.1 Å². The molecule has 1 N–H and O–H groups in total. The Bertz CT molecular complexity index is 373. The maximum atomic E-state index is 6.03. The van der Waals surface area contributed by atoms with Crippen molar-refractivity contribution in [2.24, 2.45) is 0 Å². The molecule has 1 fully saturated rings. The second-order valence-electron chi connectivity index (χ2n) is 5.24. The van der Waals surface area contributed by atoms with Gasteiger partial charge in [-0.1, -0.05) is 19.9 Å². The van der Waals surface area contributed by atoms with Crippen LogP contribution in [0.2, 0.25) is 0 Å². The topological polar surface area (TPSA) is 21.3 Å². The van der Waals surface area contributed by atoms with Crippen molar-refractivity contribution < 1.29 is 4.74 Å². The highest BCUT2D eigenvalue weighted by atomic mass is 35.5. The Morgan fingerprint density at radius 3 is 2.44 bits per heavy atom. The van der Waals surface area contributed by atoms with Gasteiger partial charge in [-0.05, 0) is 62.0 Å². The maximum Gasteiger partial charge on any atom is 0.120 e.